The highest BCUT2D eigenvalue weighted by atomic mass is 16.2. The van der Waals surface area contributed by atoms with Crippen molar-refractivity contribution >= 4 is 23.3 Å². The molecule has 3 N–H and O–H groups in total. The van der Waals surface area contributed by atoms with E-state index in [2.05, 4.69) is 16.0 Å². The number of nitrogens with zero attached hydrogens (tertiary/aromatic N) is 1. The van der Waals surface area contributed by atoms with E-state index in [4.69, 9.17) is 0 Å². The number of rotatable bonds is 3. The van der Waals surface area contributed by atoms with Gasteiger partial charge in [-0.15, -0.1) is 0 Å². The van der Waals surface area contributed by atoms with Gasteiger partial charge in [0.15, 0.2) is 0 Å². The quantitative estimate of drug-likeness (QED) is 0.785. The number of benzene rings is 1. The summed E-state index contributed by atoms with van der Waals surface area (Å²) < 4.78 is 0. The van der Waals surface area contributed by atoms with Gasteiger partial charge in [0.2, 0.25) is 5.91 Å². The van der Waals surface area contributed by atoms with Gasteiger partial charge in [-0.3, -0.25) is 9.69 Å². The van der Waals surface area contributed by atoms with Crippen LogP contribution in [0.15, 0.2) is 24.3 Å². The number of carbonyl (C=O) groups excluding carboxylic acids is 2. The molecule has 0 radical (unpaired) electrons. The van der Waals surface area contributed by atoms with Gasteiger partial charge in [0.1, 0.15) is 0 Å². The number of piperidine rings is 1. The average Bonchev–Trinajstić information content (AvgIpc) is 2.94. The molecule has 3 amide bonds. The summed E-state index contributed by atoms with van der Waals surface area (Å²) in [7, 11) is 0. The number of anilines is 2. The first-order valence-electron chi connectivity index (χ1n) is 7.44. The second-order valence-electron chi connectivity index (χ2n) is 5.43. The third kappa shape index (κ3) is 3.16. The lowest BCUT2D eigenvalue weighted by Gasteiger charge is -2.23. The predicted molar refractivity (Wildman–Crippen MR) is 81.5 cm³/mol. The van der Waals surface area contributed by atoms with E-state index in [1.54, 1.807) is 4.90 Å². The molecule has 3 rings (SSSR count). The van der Waals surface area contributed by atoms with Crippen molar-refractivity contribution in [1.82, 2.24) is 10.6 Å². The first-order valence-corrected chi connectivity index (χ1v) is 7.44. The van der Waals surface area contributed by atoms with E-state index < -0.39 is 0 Å². The molecule has 6 nitrogen and oxygen atoms in total. The average molecular weight is 288 g/mol. The van der Waals surface area contributed by atoms with Crippen molar-refractivity contribution in [3.63, 3.8) is 0 Å². The largest absolute Gasteiger partial charge is 0.336 e. The Bertz CT molecular complexity index is 540. The number of nitrogens with one attached hydrogen (secondary N) is 3. The lowest BCUT2D eigenvalue weighted by Crippen LogP contribution is -2.43. The summed E-state index contributed by atoms with van der Waals surface area (Å²) >= 11 is 0. The summed E-state index contributed by atoms with van der Waals surface area (Å²) in [4.78, 5) is 25.5. The van der Waals surface area contributed by atoms with E-state index in [1.165, 1.54) is 0 Å². The Balaban J connectivity index is 1.68. The molecule has 2 fully saturated rings. The summed E-state index contributed by atoms with van der Waals surface area (Å²) in [5.41, 5.74) is 1.53. The standard InChI is InChI=1S/C15H20N4O2/c20-14(13-6-1-2-7-16-13)18-11-4-3-5-12(10-11)19-9-8-17-15(19)21/h3-5,10,13,16H,1-2,6-9H2,(H,17,21)(H,18,20)/t13-/m1/s1. The minimum Gasteiger partial charge on any atom is -0.336 e. The van der Waals surface area contributed by atoms with Crippen LogP contribution in [0.1, 0.15) is 19.3 Å². The van der Waals surface area contributed by atoms with Crippen molar-refractivity contribution in [3.8, 4) is 0 Å². The van der Waals surface area contributed by atoms with Crippen LogP contribution in [0.25, 0.3) is 0 Å². The molecule has 2 saturated heterocycles. The summed E-state index contributed by atoms with van der Waals surface area (Å²) in [6.07, 6.45) is 3.09. The molecule has 1 aromatic rings. The lowest BCUT2D eigenvalue weighted by atomic mass is 10.0. The van der Waals surface area contributed by atoms with Crippen LogP contribution in [0, 0.1) is 0 Å². The van der Waals surface area contributed by atoms with Crippen LogP contribution in [0.3, 0.4) is 0 Å². The van der Waals surface area contributed by atoms with Gasteiger partial charge >= 0.3 is 6.03 Å². The second-order valence-corrected chi connectivity index (χ2v) is 5.43. The Labute approximate surface area is 123 Å². The Hall–Kier alpha value is -2.08. The zero-order valence-corrected chi connectivity index (χ0v) is 11.9. The SMILES string of the molecule is O=C(Nc1cccc(N2CCNC2=O)c1)[C@H]1CCCCN1. The van der Waals surface area contributed by atoms with E-state index in [-0.39, 0.29) is 18.0 Å². The van der Waals surface area contributed by atoms with Crippen LogP contribution in [0.4, 0.5) is 16.2 Å². The molecule has 0 saturated carbocycles. The Kier molecular flexibility index (Phi) is 4.06. The topological polar surface area (TPSA) is 73.5 Å². The highest BCUT2D eigenvalue weighted by molar-refractivity contribution is 5.97. The Morgan fingerprint density at radius 1 is 1.29 bits per heavy atom. The Morgan fingerprint density at radius 2 is 2.19 bits per heavy atom. The zero-order chi connectivity index (χ0) is 14.7. The number of hydrogen-bond acceptors (Lipinski definition) is 3. The fourth-order valence-corrected chi connectivity index (χ4v) is 2.77. The van der Waals surface area contributed by atoms with Crippen molar-refractivity contribution in [1.29, 1.82) is 0 Å². The zero-order valence-electron chi connectivity index (χ0n) is 11.9. The van der Waals surface area contributed by atoms with Gasteiger partial charge in [0.05, 0.1) is 6.04 Å². The van der Waals surface area contributed by atoms with Crippen LogP contribution < -0.4 is 20.9 Å². The van der Waals surface area contributed by atoms with Gasteiger partial charge in [-0.1, -0.05) is 12.5 Å². The van der Waals surface area contributed by atoms with Gasteiger partial charge < -0.3 is 16.0 Å². The normalized spacial score (nSPS) is 22.0. The molecule has 1 atom stereocenters. The molecule has 0 aromatic heterocycles. The van der Waals surface area contributed by atoms with Crippen LogP contribution in [0.2, 0.25) is 0 Å². The number of carbonyl (C=O) groups is 2. The molecule has 0 spiro atoms. The summed E-state index contributed by atoms with van der Waals surface area (Å²) in [6, 6.07) is 7.21. The van der Waals surface area contributed by atoms with Crippen molar-refractivity contribution in [2.24, 2.45) is 0 Å². The molecule has 1 aromatic carbocycles. The van der Waals surface area contributed by atoms with Crippen molar-refractivity contribution < 1.29 is 9.59 Å². The highest BCUT2D eigenvalue weighted by Gasteiger charge is 2.23. The van der Waals surface area contributed by atoms with Crippen LogP contribution >= 0.6 is 0 Å². The molecule has 0 aliphatic carbocycles. The molecule has 2 aliphatic heterocycles. The van der Waals surface area contributed by atoms with E-state index in [1.807, 2.05) is 24.3 Å². The van der Waals surface area contributed by atoms with Gasteiger partial charge in [-0.25, -0.2) is 4.79 Å². The maximum Gasteiger partial charge on any atom is 0.321 e. The smallest absolute Gasteiger partial charge is 0.321 e. The lowest BCUT2D eigenvalue weighted by molar-refractivity contribution is -0.118. The Morgan fingerprint density at radius 3 is 2.90 bits per heavy atom. The molecular weight excluding hydrogens is 268 g/mol. The molecule has 0 bridgehead atoms. The highest BCUT2D eigenvalue weighted by Crippen LogP contribution is 2.21. The summed E-state index contributed by atoms with van der Waals surface area (Å²) in [6.45, 7) is 2.20. The molecule has 2 heterocycles. The maximum absolute atomic E-state index is 12.2. The summed E-state index contributed by atoms with van der Waals surface area (Å²) in [5, 5.41) is 8.93. The van der Waals surface area contributed by atoms with E-state index in [0.29, 0.717) is 13.1 Å². The molecule has 0 unspecified atom stereocenters. The van der Waals surface area contributed by atoms with Crippen LogP contribution in [-0.2, 0) is 4.79 Å². The minimum atomic E-state index is -0.113. The first kappa shape index (κ1) is 13.9. The monoisotopic (exact) mass is 288 g/mol. The molecule has 6 heteroatoms. The minimum absolute atomic E-state index is 0.00211. The maximum atomic E-state index is 12.2. The van der Waals surface area contributed by atoms with Gasteiger partial charge in [0, 0.05) is 24.5 Å². The van der Waals surface area contributed by atoms with Gasteiger partial charge in [-0.05, 0) is 37.6 Å². The van der Waals surface area contributed by atoms with E-state index in [0.717, 1.165) is 37.2 Å². The summed E-state index contributed by atoms with van der Waals surface area (Å²) in [5.74, 6) is -0.00211. The van der Waals surface area contributed by atoms with Gasteiger partial charge in [-0.2, -0.15) is 0 Å². The molecule has 2 aliphatic rings. The van der Waals surface area contributed by atoms with Crippen molar-refractivity contribution in [3.05, 3.63) is 24.3 Å². The first-order chi connectivity index (χ1) is 10.2. The fraction of sp³-hybridized carbons (Fsp3) is 0.467. The molecule has 21 heavy (non-hydrogen) atoms. The molecular formula is C15H20N4O2. The van der Waals surface area contributed by atoms with Crippen LogP contribution in [0.5, 0.6) is 0 Å². The molecule has 112 valence electrons. The fourth-order valence-electron chi connectivity index (χ4n) is 2.77. The van der Waals surface area contributed by atoms with Crippen molar-refractivity contribution in [2.45, 2.75) is 25.3 Å². The predicted octanol–water partition coefficient (Wildman–Crippen LogP) is 1.30. The van der Waals surface area contributed by atoms with Crippen molar-refractivity contribution in [2.75, 3.05) is 29.9 Å². The number of urea groups is 1. The van der Waals surface area contributed by atoms with E-state index >= 15 is 0 Å². The number of amides is 3. The number of hydrogen-bond donors (Lipinski definition) is 3. The second kappa shape index (κ2) is 6.13. The van der Waals surface area contributed by atoms with Crippen LogP contribution in [-0.4, -0.2) is 37.6 Å². The third-order valence-electron chi connectivity index (χ3n) is 3.91. The van der Waals surface area contributed by atoms with Gasteiger partial charge in [0.25, 0.3) is 0 Å². The third-order valence-corrected chi connectivity index (χ3v) is 3.91. The van der Waals surface area contributed by atoms with E-state index in [9.17, 15) is 9.59 Å².